The van der Waals surface area contributed by atoms with E-state index < -0.39 is 11.7 Å². The Morgan fingerprint density at radius 3 is 2.39 bits per heavy atom. The maximum atomic E-state index is 11.5. The summed E-state index contributed by atoms with van der Waals surface area (Å²) < 4.78 is 5.16. The number of hydrazine groups is 1. The number of hydrogen-bond donors (Lipinski definition) is 2. The normalized spacial score (nSPS) is 16.5. The van der Waals surface area contributed by atoms with Crippen molar-refractivity contribution in [3.05, 3.63) is 11.1 Å². The van der Waals surface area contributed by atoms with E-state index in [4.69, 9.17) is 4.74 Å². The van der Waals surface area contributed by atoms with E-state index in [0.29, 0.717) is 19.0 Å². The number of nitrogens with zero attached hydrogens (tertiary/aromatic N) is 1. The zero-order valence-corrected chi connectivity index (χ0v) is 11.9. The standard InChI is InChI=1S/C13H24N2O3/c1-9(2)11(8-16)10-6-15(7-10)14-12(17)18-13(3,4)5/h9,16H,6-8H2,1-5H3,(H,14,17). The van der Waals surface area contributed by atoms with Gasteiger partial charge in [0.05, 0.1) is 6.61 Å². The first-order chi connectivity index (χ1) is 8.23. The number of rotatable bonds is 3. The minimum atomic E-state index is -0.484. The van der Waals surface area contributed by atoms with Gasteiger partial charge in [0.15, 0.2) is 0 Å². The van der Waals surface area contributed by atoms with E-state index >= 15 is 0 Å². The fourth-order valence-electron chi connectivity index (χ4n) is 1.83. The van der Waals surface area contributed by atoms with Gasteiger partial charge in [-0.3, -0.25) is 5.43 Å². The lowest BCUT2D eigenvalue weighted by atomic mass is 9.94. The van der Waals surface area contributed by atoms with E-state index in [1.165, 1.54) is 5.57 Å². The first kappa shape index (κ1) is 15.0. The summed E-state index contributed by atoms with van der Waals surface area (Å²) in [4.78, 5) is 11.5. The van der Waals surface area contributed by atoms with Crippen LogP contribution in [0.25, 0.3) is 0 Å². The van der Waals surface area contributed by atoms with E-state index in [2.05, 4.69) is 19.3 Å². The first-order valence-corrected chi connectivity index (χ1v) is 6.29. The van der Waals surface area contributed by atoms with Crippen LogP contribution in [0.4, 0.5) is 4.79 Å². The van der Waals surface area contributed by atoms with Crippen molar-refractivity contribution in [3.8, 4) is 0 Å². The number of aliphatic hydroxyl groups excluding tert-OH is 1. The average Bonchev–Trinajstić information content (AvgIpc) is 2.11. The molecule has 2 N–H and O–H groups in total. The average molecular weight is 256 g/mol. The number of hydrogen-bond acceptors (Lipinski definition) is 4. The molecule has 0 saturated carbocycles. The highest BCUT2D eigenvalue weighted by atomic mass is 16.6. The fourth-order valence-corrected chi connectivity index (χ4v) is 1.83. The second-order valence-electron chi connectivity index (χ2n) is 5.91. The van der Waals surface area contributed by atoms with Crippen LogP contribution in [-0.4, -0.2) is 41.5 Å². The van der Waals surface area contributed by atoms with E-state index in [9.17, 15) is 9.90 Å². The highest BCUT2D eigenvalue weighted by Crippen LogP contribution is 2.22. The van der Waals surface area contributed by atoms with Crippen molar-refractivity contribution in [1.29, 1.82) is 0 Å². The molecule has 1 aliphatic heterocycles. The molecule has 0 aromatic carbocycles. The van der Waals surface area contributed by atoms with E-state index in [0.717, 1.165) is 5.57 Å². The molecule has 0 aliphatic carbocycles. The lowest BCUT2D eigenvalue weighted by molar-refractivity contribution is 0.0294. The topological polar surface area (TPSA) is 61.8 Å². The minimum Gasteiger partial charge on any atom is -0.443 e. The fraction of sp³-hybridized carbons (Fsp3) is 0.769. The molecular weight excluding hydrogens is 232 g/mol. The number of nitrogens with one attached hydrogen (secondary N) is 1. The van der Waals surface area contributed by atoms with Gasteiger partial charge in [0.2, 0.25) is 0 Å². The van der Waals surface area contributed by atoms with Crippen LogP contribution < -0.4 is 5.43 Å². The molecule has 0 bridgehead atoms. The molecule has 0 aromatic rings. The van der Waals surface area contributed by atoms with Crippen molar-refractivity contribution in [2.75, 3.05) is 19.7 Å². The van der Waals surface area contributed by atoms with Crippen LogP contribution in [0.1, 0.15) is 34.6 Å². The monoisotopic (exact) mass is 256 g/mol. The van der Waals surface area contributed by atoms with Crippen molar-refractivity contribution < 1.29 is 14.6 Å². The molecule has 0 radical (unpaired) electrons. The number of carbonyl (C=O) groups excluding carboxylic acids is 1. The molecule has 0 aromatic heterocycles. The Hall–Kier alpha value is -1.07. The second kappa shape index (κ2) is 5.71. The van der Waals surface area contributed by atoms with Crippen LogP contribution in [0, 0.1) is 5.92 Å². The molecule has 104 valence electrons. The molecule has 18 heavy (non-hydrogen) atoms. The zero-order valence-electron chi connectivity index (χ0n) is 11.9. The predicted octanol–water partition coefficient (Wildman–Crippen LogP) is 1.69. The van der Waals surface area contributed by atoms with Gasteiger partial charge in [0, 0.05) is 13.1 Å². The van der Waals surface area contributed by atoms with Gasteiger partial charge in [-0.15, -0.1) is 0 Å². The Bertz CT molecular complexity index is 335. The highest BCUT2D eigenvalue weighted by molar-refractivity contribution is 5.67. The maximum Gasteiger partial charge on any atom is 0.422 e. The van der Waals surface area contributed by atoms with Gasteiger partial charge in [-0.05, 0) is 37.8 Å². The maximum absolute atomic E-state index is 11.5. The van der Waals surface area contributed by atoms with Gasteiger partial charge in [-0.2, -0.15) is 0 Å². The molecule has 0 atom stereocenters. The number of aliphatic hydroxyl groups is 1. The molecule has 5 heteroatoms. The zero-order chi connectivity index (χ0) is 13.9. The lowest BCUT2D eigenvalue weighted by Gasteiger charge is -2.36. The molecule has 1 rings (SSSR count). The van der Waals surface area contributed by atoms with Crippen molar-refractivity contribution in [2.24, 2.45) is 5.92 Å². The Balaban J connectivity index is 2.42. The van der Waals surface area contributed by atoms with Crippen LogP contribution in [0.15, 0.2) is 11.1 Å². The van der Waals surface area contributed by atoms with Crippen LogP contribution in [0.3, 0.4) is 0 Å². The minimum absolute atomic E-state index is 0.0906. The Morgan fingerprint density at radius 2 is 2.00 bits per heavy atom. The second-order valence-corrected chi connectivity index (χ2v) is 5.91. The molecule has 0 spiro atoms. The number of ether oxygens (including phenoxy) is 1. The highest BCUT2D eigenvalue weighted by Gasteiger charge is 2.27. The summed E-state index contributed by atoms with van der Waals surface area (Å²) in [6.45, 7) is 11.0. The van der Waals surface area contributed by atoms with Crippen LogP contribution in [0.2, 0.25) is 0 Å². The summed E-state index contributed by atoms with van der Waals surface area (Å²) in [6.07, 6.45) is -0.434. The smallest absolute Gasteiger partial charge is 0.422 e. The molecule has 1 saturated heterocycles. The van der Waals surface area contributed by atoms with Gasteiger partial charge >= 0.3 is 6.09 Å². The molecule has 1 fully saturated rings. The van der Waals surface area contributed by atoms with Crippen molar-refractivity contribution in [3.63, 3.8) is 0 Å². The number of amides is 1. The Morgan fingerprint density at radius 1 is 1.44 bits per heavy atom. The molecule has 0 unspecified atom stereocenters. The largest absolute Gasteiger partial charge is 0.443 e. The van der Waals surface area contributed by atoms with Crippen molar-refractivity contribution >= 4 is 6.09 Å². The van der Waals surface area contributed by atoms with Crippen molar-refractivity contribution in [1.82, 2.24) is 10.4 Å². The third kappa shape index (κ3) is 4.31. The van der Waals surface area contributed by atoms with E-state index in [1.807, 2.05) is 20.8 Å². The molecular formula is C13H24N2O3. The van der Waals surface area contributed by atoms with Gasteiger partial charge in [0.1, 0.15) is 5.60 Å². The van der Waals surface area contributed by atoms with Gasteiger partial charge in [-0.25, -0.2) is 9.80 Å². The van der Waals surface area contributed by atoms with E-state index in [1.54, 1.807) is 5.01 Å². The van der Waals surface area contributed by atoms with Gasteiger partial charge < -0.3 is 9.84 Å². The Labute approximate surface area is 109 Å². The number of carbonyl (C=O) groups is 1. The van der Waals surface area contributed by atoms with Crippen molar-refractivity contribution in [2.45, 2.75) is 40.2 Å². The first-order valence-electron chi connectivity index (χ1n) is 6.29. The summed E-state index contributed by atoms with van der Waals surface area (Å²) in [5.74, 6) is 0.341. The quantitative estimate of drug-likeness (QED) is 0.754. The van der Waals surface area contributed by atoms with Gasteiger partial charge in [0.25, 0.3) is 0 Å². The molecule has 1 aliphatic rings. The third-order valence-corrected chi connectivity index (χ3v) is 2.73. The SMILES string of the molecule is CC(C)C(CO)=C1CN(NC(=O)OC(C)(C)C)C1. The molecule has 5 nitrogen and oxygen atoms in total. The van der Waals surface area contributed by atoms with Crippen LogP contribution in [0.5, 0.6) is 0 Å². The molecule has 1 heterocycles. The summed E-state index contributed by atoms with van der Waals surface area (Å²) in [5, 5.41) is 11.0. The predicted molar refractivity (Wildman–Crippen MR) is 69.9 cm³/mol. The summed E-state index contributed by atoms with van der Waals surface area (Å²) in [5.41, 5.74) is 4.46. The summed E-state index contributed by atoms with van der Waals surface area (Å²) in [6, 6.07) is 0. The third-order valence-electron chi connectivity index (χ3n) is 2.73. The Kier molecular flexibility index (Phi) is 4.76. The summed E-state index contributed by atoms with van der Waals surface area (Å²) in [7, 11) is 0. The van der Waals surface area contributed by atoms with E-state index in [-0.39, 0.29) is 6.61 Å². The lowest BCUT2D eigenvalue weighted by Crippen LogP contribution is -2.53. The van der Waals surface area contributed by atoms with Gasteiger partial charge in [-0.1, -0.05) is 13.8 Å². The summed E-state index contributed by atoms with van der Waals surface area (Å²) >= 11 is 0. The van der Waals surface area contributed by atoms with Crippen LogP contribution >= 0.6 is 0 Å². The molecule has 1 amide bonds. The van der Waals surface area contributed by atoms with Crippen LogP contribution in [-0.2, 0) is 4.74 Å².